The zero-order chi connectivity index (χ0) is 12.8. The van der Waals surface area contributed by atoms with Crippen LogP contribution in [0.5, 0.6) is 0 Å². The van der Waals surface area contributed by atoms with Crippen molar-refractivity contribution in [3.05, 3.63) is 0 Å². The number of nitrogens with one attached hydrogen (secondary N) is 1. The Labute approximate surface area is 110 Å². The van der Waals surface area contributed by atoms with Crippen molar-refractivity contribution < 1.29 is 9.53 Å². The van der Waals surface area contributed by atoms with Crippen LogP contribution in [0.25, 0.3) is 0 Å². The van der Waals surface area contributed by atoms with Crippen molar-refractivity contribution in [3.8, 4) is 0 Å². The molecular weight excluding hydrogens is 228 g/mol. The van der Waals surface area contributed by atoms with E-state index >= 15 is 0 Å². The van der Waals surface area contributed by atoms with E-state index in [1.165, 1.54) is 25.7 Å². The SMILES string of the molecule is C[C@H]1CCCC[C@@H]1OCCNC(=O)N1CCCC1. The quantitative estimate of drug-likeness (QED) is 0.783. The van der Waals surface area contributed by atoms with Crippen LogP contribution in [0.4, 0.5) is 4.79 Å². The van der Waals surface area contributed by atoms with Gasteiger partial charge >= 0.3 is 6.03 Å². The van der Waals surface area contributed by atoms with Crippen LogP contribution in [0, 0.1) is 5.92 Å². The van der Waals surface area contributed by atoms with Crippen molar-refractivity contribution in [3.63, 3.8) is 0 Å². The molecule has 2 amide bonds. The maximum atomic E-state index is 11.7. The molecule has 0 unspecified atom stereocenters. The Balaban J connectivity index is 1.56. The van der Waals surface area contributed by atoms with E-state index in [1.54, 1.807) is 0 Å². The number of likely N-dealkylation sites (tertiary alicyclic amines) is 1. The molecule has 1 saturated carbocycles. The molecule has 1 aliphatic carbocycles. The van der Waals surface area contributed by atoms with E-state index in [-0.39, 0.29) is 6.03 Å². The number of carbonyl (C=O) groups is 1. The highest BCUT2D eigenvalue weighted by molar-refractivity contribution is 5.74. The molecule has 0 bridgehead atoms. The molecular formula is C14H26N2O2. The zero-order valence-electron chi connectivity index (χ0n) is 11.5. The van der Waals surface area contributed by atoms with Crippen LogP contribution < -0.4 is 5.32 Å². The fourth-order valence-corrected chi connectivity index (χ4v) is 2.93. The third kappa shape index (κ3) is 3.87. The Bertz CT molecular complexity index is 265. The van der Waals surface area contributed by atoms with Gasteiger partial charge in [-0.05, 0) is 31.6 Å². The van der Waals surface area contributed by atoms with E-state index in [0.29, 0.717) is 25.2 Å². The molecule has 0 aromatic rings. The van der Waals surface area contributed by atoms with E-state index in [2.05, 4.69) is 12.2 Å². The topological polar surface area (TPSA) is 41.6 Å². The van der Waals surface area contributed by atoms with Crippen molar-refractivity contribution >= 4 is 6.03 Å². The van der Waals surface area contributed by atoms with Crippen LogP contribution in [0.15, 0.2) is 0 Å². The van der Waals surface area contributed by atoms with E-state index < -0.39 is 0 Å². The van der Waals surface area contributed by atoms with Gasteiger partial charge in [-0.15, -0.1) is 0 Å². The summed E-state index contributed by atoms with van der Waals surface area (Å²) in [5.74, 6) is 0.674. The maximum Gasteiger partial charge on any atom is 0.317 e. The molecule has 2 atom stereocenters. The summed E-state index contributed by atoms with van der Waals surface area (Å²) in [6.45, 7) is 5.37. The second kappa shape index (κ2) is 6.98. The average Bonchev–Trinajstić information content (AvgIpc) is 2.90. The minimum atomic E-state index is 0.0767. The number of ether oxygens (including phenoxy) is 1. The molecule has 0 radical (unpaired) electrons. The minimum Gasteiger partial charge on any atom is -0.376 e. The van der Waals surface area contributed by atoms with Gasteiger partial charge < -0.3 is 15.0 Å². The highest BCUT2D eigenvalue weighted by Gasteiger charge is 2.22. The summed E-state index contributed by atoms with van der Waals surface area (Å²) >= 11 is 0. The van der Waals surface area contributed by atoms with Gasteiger partial charge in [-0.25, -0.2) is 4.79 Å². The first-order chi connectivity index (χ1) is 8.77. The summed E-state index contributed by atoms with van der Waals surface area (Å²) in [5.41, 5.74) is 0. The van der Waals surface area contributed by atoms with Crippen molar-refractivity contribution in [2.24, 2.45) is 5.92 Å². The summed E-state index contributed by atoms with van der Waals surface area (Å²) in [5, 5.41) is 2.94. The van der Waals surface area contributed by atoms with E-state index in [1.807, 2.05) is 4.90 Å². The molecule has 1 aliphatic heterocycles. The highest BCUT2D eigenvalue weighted by Crippen LogP contribution is 2.25. The first-order valence-electron chi connectivity index (χ1n) is 7.42. The molecule has 0 aromatic heterocycles. The van der Waals surface area contributed by atoms with Gasteiger partial charge in [-0.3, -0.25) is 0 Å². The molecule has 2 aliphatic rings. The van der Waals surface area contributed by atoms with Crippen molar-refractivity contribution in [2.75, 3.05) is 26.2 Å². The molecule has 1 saturated heterocycles. The standard InChI is InChI=1S/C14H26N2O2/c1-12-6-2-3-7-13(12)18-11-8-15-14(17)16-9-4-5-10-16/h12-13H,2-11H2,1H3,(H,15,17)/t12-,13-/m0/s1. The predicted octanol–water partition coefficient (Wildman–Crippen LogP) is 2.39. The second-order valence-corrected chi connectivity index (χ2v) is 5.60. The lowest BCUT2D eigenvalue weighted by atomic mass is 9.88. The number of urea groups is 1. The second-order valence-electron chi connectivity index (χ2n) is 5.60. The van der Waals surface area contributed by atoms with Gasteiger partial charge in [0.15, 0.2) is 0 Å². The third-order valence-corrected chi connectivity index (χ3v) is 4.14. The Morgan fingerprint density at radius 2 is 1.94 bits per heavy atom. The number of rotatable bonds is 4. The molecule has 1 heterocycles. The lowest BCUT2D eigenvalue weighted by molar-refractivity contribution is -0.00266. The van der Waals surface area contributed by atoms with Gasteiger partial charge in [0.1, 0.15) is 0 Å². The van der Waals surface area contributed by atoms with Crippen LogP contribution in [-0.4, -0.2) is 43.3 Å². The number of nitrogens with zero attached hydrogens (tertiary/aromatic N) is 1. The first-order valence-corrected chi connectivity index (χ1v) is 7.42. The molecule has 0 aromatic carbocycles. The lowest BCUT2D eigenvalue weighted by Crippen LogP contribution is -2.40. The normalized spacial score (nSPS) is 28.4. The minimum absolute atomic E-state index is 0.0767. The number of amides is 2. The van der Waals surface area contributed by atoms with E-state index in [0.717, 1.165) is 25.9 Å². The van der Waals surface area contributed by atoms with Crippen LogP contribution in [0.3, 0.4) is 0 Å². The summed E-state index contributed by atoms with van der Waals surface area (Å²) < 4.78 is 5.88. The highest BCUT2D eigenvalue weighted by atomic mass is 16.5. The maximum absolute atomic E-state index is 11.7. The summed E-state index contributed by atoms with van der Waals surface area (Å²) in [6.07, 6.45) is 7.78. The molecule has 4 heteroatoms. The Morgan fingerprint density at radius 3 is 2.67 bits per heavy atom. The van der Waals surface area contributed by atoms with Gasteiger partial charge in [0.25, 0.3) is 0 Å². The van der Waals surface area contributed by atoms with Crippen LogP contribution >= 0.6 is 0 Å². The molecule has 104 valence electrons. The van der Waals surface area contributed by atoms with E-state index in [9.17, 15) is 4.79 Å². The molecule has 2 rings (SSSR count). The lowest BCUT2D eigenvalue weighted by Gasteiger charge is -2.28. The fourth-order valence-electron chi connectivity index (χ4n) is 2.93. The summed E-state index contributed by atoms with van der Waals surface area (Å²) in [4.78, 5) is 13.6. The Kier molecular flexibility index (Phi) is 5.29. The van der Waals surface area contributed by atoms with Gasteiger partial charge in [-0.2, -0.15) is 0 Å². The largest absolute Gasteiger partial charge is 0.376 e. The van der Waals surface area contributed by atoms with Crippen LogP contribution in [0.2, 0.25) is 0 Å². The number of hydrogen-bond donors (Lipinski definition) is 1. The first kappa shape index (κ1) is 13.7. The van der Waals surface area contributed by atoms with Crippen LogP contribution in [0.1, 0.15) is 45.4 Å². The van der Waals surface area contributed by atoms with Crippen LogP contribution in [-0.2, 0) is 4.74 Å². The molecule has 2 fully saturated rings. The molecule has 0 spiro atoms. The fraction of sp³-hybridized carbons (Fsp3) is 0.929. The van der Waals surface area contributed by atoms with Gasteiger partial charge in [-0.1, -0.05) is 19.8 Å². The number of carbonyl (C=O) groups excluding carboxylic acids is 1. The Hall–Kier alpha value is -0.770. The smallest absolute Gasteiger partial charge is 0.317 e. The molecule has 18 heavy (non-hydrogen) atoms. The van der Waals surface area contributed by atoms with Crippen molar-refractivity contribution in [2.45, 2.75) is 51.6 Å². The summed E-state index contributed by atoms with van der Waals surface area (Å²) in [7, 11) is 0. The van der Waals surface area contributed by atoms with Gasteiger partial charge in [0.2, 0.25) is 0 Å². The van der Waals surface area contributed by atoms with E-state index in [4.69, 9.17) is 4.74 Å². The molecule has 4 nitrogen and oxygen atoms in total. The monoisotopic (exact) mass is 254 g/mol. The average molecular weight is 254 g/mol. The van der Waals surface area contributed by atoms with Gasteiger partial charge in [0, 0.05) is 19.6 Å². The van der Waals surface area contributed by atoms with Crippen molar-refractivity contribution in [1.82, 2.24) is 10.2 Å². The number of hydrogen-bond acceptors (Lipinski definition) is 2. The van der Waals surface area contributed by atoms with Gasteiger partial charge in [0.05, 0.1) is 12.7 Å². The summed E-state index contributed by atoms with van der Waals surface area (Å²) in [6, 6.07) is 0.0767. The van der Waals surface area contributed by atoms with Crippen molar-refractivity contribution in [1.29, 1.82) is 0 Å². The third-order valence-electron chi connectivity index (χ3n) is 4.14. The Morgan fingerprint density at radius 1 is 1.22 bits per heavy atom. The predicted molar refractivity (Wildman–Crippen MR) is 71.6 cm³/mol. The zero-order valence-corrected chi connectivity index (χ0v) is 11.5. The molecule has 1 N–H and O–H groups in total.